The third-order valence-electron chi connectivity index (χ3n) is 2.16. The van der Waals surface area contributed by atoms with Gasteiger partial charge < -0.3 is 9.47 Å². The molecule has 96 valence electrons. The molecule has 1 aromatic heterocycles. The van der Waals surface area contributed by atoms with Crippen molar-refractivity contribution in [3.05, 3.63) is 15.6 Å². The number of aryl methyl sites for hydroxylation is 2. The molecule has 0 radical (unpaired) electrons. The van der Waals surface area contributed by atoms with Gasteiger partial charge in [0.05, 0.1) is 17.3 Å². The predicted molar refractivity (Wildman–Crippen MR) is 67.6 cm³/mol. The van der Waals surface area contributed by atoms with Crippen LogP contribution in [0.3, 0.4) is 0 Å². The van der Waals surface area contributed by atoms with Gasteiger partial charge in [-0.05, 0) is 26.7 Å². The first-order valence-electron chi connectivity index (χ1n) is 5.90. The molecule has 1 heterocycles. The third kappa shape index (κ3) is 4.44. The molecule has 0 saturated carbocycles. The van der Waals surface area contributed by atoms with Crippen LogP contribution < -0.4 is 0 Å². The minimum Gasteiger partial charge on any atom is -0.459 e. The number of ether oxygens (including phenoxy) is 2. The lowest BCUT2D eigenvalue weighted by molar-refractivity contribution is 0.0339. The van der Waals surface area contributed by atoms with E-state index in [0.717, 1.165) is 23.5 Å². The zero-order chi connectivity index (χ0) is 12.7. The van der Waals surface area contributed by atoms with E-state index in [0.29, 0.717) is 24.7 Å². The Kier molecular flexibility index (Phi) is 6.15. The quantitative estimate of drug-likeness (QED) is 0.556. The highest BCUT2D eigenvalue weighted by Gasteiger charge is 2.16. The molecule has 0 N–H and O–H groups in total. The first kappa shape index (κ1) is 14.1. The zero-order valence-electron chi connectivity index (χ0n) is 10.6. The van der Waals surface area contributed by atoms with Crippen molar-refractivity contribution in [3.8, 4) is 0 Å². The van der Waals surface area contributed by atoms with Crippen molar-refractivity contribution < 1.29 is 14.3 Å². The molecule has 0 atom stereocenters. The lowest BCUT2D eigenvalue weighted by Crippen LogP contribution is -2.10. The van der Waals surface area contributed by atoms with Gasteiger partial charge in [-0.3, -0.25) is 0 Å². The number of thiazole rings is 1. The molecule has 0 aliphatic rings. The minimum atomic E-state index is -0.290. The van der Waals surface area contributed by atoms with Crippen molar-refractivity contribution in [1.82, 2.24) is 4.98 Å². The molecule has 0 aliphatic heterocycles. The fourth-order valence-electron chi connectivity index (χ4n) is 1.37. The zero-order valence-corrected chi connectivity index (χ0v) is 11.4. The van der Waals surface area contributed by atoms with Gasteiger partial charge in [0, 0.05) is 6.61 Å². The summed E-state index contributed by atoms with van der Waals surface area (Å²) in [4.78, 5) is 16.7. The van der Waals surface area contributed by atoms with Gasteiger partial charge in [0.15, 0.2) is 0 Å². The molecule has 4 nitrogen and oxygen atoms in total. The molecule has 0 unspecified atom stereocenters. The lowest BCUT2D eigenvalue weighted by atomic mass is 10.3. The Labute approximate surface area is 106 Å². The number of esters is 1. The van der Waals surface area contributed by atoms with E-state index in [2.05, 4.69) is 11.9 Å². The van der Waals surface area contributed by atoms with Crippen LogP contribution in [0.5, 0.6) is 0 Å². The van der Waals surface area contributed by atoms with Crippen LogP contribution in [0, 0.1) is 6.92 Å². The second-order valence-electron chi connectivity index (χ2n) is 3.60. The van der Waals surface area contributed by atoms with E-state index in [1.54, 1.807) is 0 Å². The number of carbonyl (C=O) groups is 1. The van der Waals surface area contributed by atoms with Gasteiger partial charge in [0.1, 0.15) is 11.5 Å². The molecular weight excluding hydrogens is 238 g/mol. The Morgan fingerprint density at radius 3 is 2.76 bits per heavy atom. The summed E-state index contributed by atoms with van der Waals surface area (Å²) in [5.41, 5.74) is 0.764. The van der Waals surface area contributed by atoms with E-state index in [4.69, 9.17) is 9.47 Å². The molecule has 17 heavy (non-hydrogen) atoms. The molecular formula is C12H19NO3S. The van der Waals surface area contributed by atoms with Crippen molar-refractivity contribution in [3.63, 3.8) is 0 Å². The number of hydrogen-bond acceptors (Lipinski definition) is 5. The standard InChI is InChI=1S/C12H19NO3S/c1-4-6-10-13-9(3)11(17-10)12(14)16-8-7-15-5-2/h4-8H2,1-3H3. The second kappa shape index (κ2) is 7.40. The average Bonchev–Trinajstić information content (AvgIpc) is 2.66. The highest BCUT2D eigenvalue weighted by atomic mass is 32.1. The second-order valence-corrected chi connectivity index (χ2v) is 4.69. The predicted octanol–water partition coefficient (Wildman–Crippen LogP) is 2.60. The SMILES string of the molecule is CCCc1nc(C)c(C(=O)OCCOCC)s1. The normalized spacial score (nSPS) is 10.5. The molecule has 0 aliphatic carbocycles. The van der Waals surface area contributed by atoms with Crippen molar-refractivity contribution in [2.45, 2.75) is 33.6 Å². The van der Waals surface area contributed by atoms with Gasteiger partial charge in [-0.15, -0.1) is 11.3 Å². The van der Waals surface area contributed by atoms with Crippen molar-refractivity contribution in [1.29, 1.82) is 0 Å². The highest BCUT2D eigenvalue weighted by molar-refractivity contribution is 7.13. The summed E-state index contributed by atoms with van der Waals surface area (Å²) >= 11 is 1.43. The summed E-state index contributed by atoms with van der Waals surface area (Å²) in [6.45, 7) is 7.23. The number of nitrogens with zero attached hydrogens (tertiary/aromatic N) is 1. The summed E-state index contributed by atoms with van der Waals surface area (Å²) < 4.78 is 10.2. The van der Waals surface area contributed by atoms with E-state index in [1.165, 1.54) is 11.3 Å². The van der Waals surface area contributed by atoms with Crippen LogP contribution in [0.4, 0.5) is 0 Å². The first-order chi connectivity index (χ1) is 8.19. The Morgan fingerprint density at radius 1 is 1.35 bits per heavy atom. The van der Waals surface area contributed by atoms with Gasteiger partial charge >= 0.3 is 5.97 Å². The van der Waals surface area contributed by atoms with E-state index in [9.17, 15) is 4.79 Å². The van der Waals surface area contributed by atoms with Crippen LogP contribution in [-0.2, 0) is 15.9 Å². The smallest absolute Gasteiger partial charge is 0.350 e. The molecule has 0 spiro atoms. The molecule has 0 amide bonds. The molecule has 5 heteroatoms. The molecule has 0 saturated heterocycles. The lowest BCUT2D eigenvalue weighted by Gasteiger charge is -2.03. The number of hydrogen-bond donors (Lipinski definition) is 0. The molecule has 1 rings (SSSR count). The van der Waals surface area contributed by atoms with Crippen molar-refractivity contribution in [2.75, 3.05) is 19.8 Å². The molecule has 1 aromatic rings. The van der Waals surface area contributed by atoms with E-state index >= 15 is 0 Å². The summed E-state index contributed by atoms with van der Waals surface area (Å²) in [7, 11) is 0. The highest BCUT2D eigenvalue weighted by Crippen LogP contribution is 2.20. The van der Waals surface area contributed by atoms with Crippen LogP contribution in [0.15, 0.2) is 0 Å². The fourth-order valence-corrected chi connectivity index (χ4v) is 2.43. The molecule has 0 aromatic carbocycles. The van der Waals surface area contributed by atoms with Crippen molar-refractivity contribution >= 4 is 17.3 Å². The largest absolute Gasteiger partial charge is 0.459 e. The Balaban J connectivity index is 2.50. The number of carbonyl (C=O) groups excluding carboxylic acids is 1. The maximum absolute atomic E-state index is 11.7. The summed E-state index contributed by atoms with van der Waals surface area (Å²) in [6.07, 6.45) is 1.95. The Bertz CT molecular complexity index is 363. The van der Waals surface area contributed by atoms with Gasteiger partial charge in [0.25, 0.3) is 0 Å². The Morgan fingerprint density at radius 2 is 2.12 bits per heavy atom. The fraction of sp³-hybridized carbons (Fsp3) is 0.667. The van der Waals surface area contributed by atoms with Gasteiger partial charge in [-0.1, -0.05) is 6.92 Å². The Hall–Kier alpha value is -0.940. The molecule has 0 fully saturated rings. The van der Waals surface area contributed by atoms with E-state index < -0.39 is 0 Å². The monoisotopic (exact) mass is 257 g/mol. The third-order valence-corrected chi connectivity index (χ3v) is 3.35. The summed E-state index contributed by atoms with van der Waals surface area (Å²) in [5, 5.41) is 1.00. The molecule has 0 bridgehead atoms. The van der Waals surface area contributed by atoms with Gasteiger partial charge in [-0.2, -0.15) is 0 Å². The number of rotatable bonds is 7. The average molecular weight is 257 g/mol. The summed E-state index contributed by atoms with van der Waals surface area (Å²) in [6, 6.07) is 0. The van der Waals surface area contributed by atoms with Crippen LogP contribution in [0.1, 0.15) is 40.6 Å². The van der Waals surface area contributed by atoms with Crippen LogP contribution in [0.25, 0.3) is 0 Å². The van der Waals surface area contributed by atoms with Crippen LogP contribution in [-0.4, -0.2) is 30.8 Å². The van der Waals surface area contributed by atoms with Crippen molar-refractivity contribution in [2.24, 2.45) is 0 Å². The summed E-state index contributed by atoms with van der Waals surface area (Å²) in [5.74, 6) is -0.290. The van der Waals surface area contributed by atoms with E-state index in [-0.39, 0.29) is 5.97 Å². The minimum absolute atomic E-state index is 0.290. The topological polar surface area (TPSA) is 48.4 Å². The maximum atomic E-state index is 11.7. The number of aromatic nitrogens is 1. The van der Waals surface area contributed by atoms with Crippen LogP contribution in [0.2, 0.25) is 0 Å². The van der Waals surface area contributed by atoms with Gasteiger partial charge in [-0.25, -0.2) is 9.78 Å². The van der Waals surface area contributed by atoms with E-state index in [1.807, 2.05) is 13.8 Å². The van der Waals surface area contributed by atoms with Crippen LogP contribution >= 0.6 is 11.3 Å². The maximum Gasteiger partial charge on any atom is 0.350 e. The first-order valence-corrected chi connectivity index (χ1v) is 6.71. The van der Waals surface area contributed by atoms with Gasteiger partial charge in [0.2, 0.25) is 0 Å².